The zero-order valence-corrected chi connectivity index (χ0v) is 15.2. The van der Waals surface area contributed by atoms with Crippen LogP contribution in [-0.4, -0.2) is 5.91 Å². The Kier molecular flexibility index (Phi) is 5.69. The molecule has 3 rings (SSSR count). The van der Waals surface area contributed by atoms with Crippen LogP contribution in [0.4, 0.5) is 5.69 Å². The van der Waals surface area contributed by atoms with E-state index in [9.17, 15) is 4.79 Å². The molecule has 3 aromatic rings. The Hall–Kier alpha value is -3.07. The van der Waals surface area contributed by atoms with Gasteiger partial charge in [0.15, 0.2) is 0 Å². The van der Waals surface area contributed by atoms with Gasteiger partial charge in [-0.25, -0.2) is 0 Å². The first-order valence-electron chi connectivity index (χ1n) is 8.72. The number of ether oxygens (including phenoxy) is 1. The Morgan fingerprint density at radius 1 is 0.846 bits per heavy atom. The van der Waals surface area contributed by atoms with Gasteiger partial charge in [0, 0.05) is 5.69 Å². The third-order valence-electron chi connectivity index (χ3n) is 4.04. The summed E-state index contributed by atoms with van der Waals surface area (Å²) in [6.45, 7) is 4.58. The van der Waals surface area contributed by atoms with Crippen LogP contribution >= 0.6 is 0 Å². The second kappa shape index (κ2) is 8.34. The molecule has 3 aromatic carbocycles. The summed E-state index contributed by atoms with van der Waals surface area (Å²) in [6.07, 6.45) is 0.339. The minimum absolute atomic E-state index is 0.0204. The molecule has 0 fully saturated rings. The molecule has 0 bridgehead atoms. The number of benzene rings is 3. The lowest BCUT2D eigenvalue weighted by Gasteiger charge is -2.09. The number of amides is 1. The highest BCUT2D eigenvalue weighted by Crippen LogP contribution is 2.17. The highest BCUT2D eigenvalue weighted by molar-refractivity contribution is 5.92. The van der Waals surface area contributed by atoms with Crippen molar-refractivity contribution < 1.29 is 9.53 Å². The number of carbonyl (C=O) groups excluding carboxylic acids is 1. The quantitative estimate of drug-likeness (QED) is 0.678. The molecule has 0 heterocycles. The summed E-state index contributed by atoms with van der Waals surface area (Å²) >= 11 is 0. The van der Waals surface area contributed by atoms with E-state index in [2.05, 4.69) is 11.4 Å². The minimum atomic E-state index is -0.0204. The summed E-state index contributed by atoms with van der Waals surface area (Å²) in [4.78, 5) is 12.3. The summed E-state index contributed by atoms with van der Waals surface area (Å²) in [6, 6.07) is 23.8. The van der Waals surface area contributed by atoms with Crippen molar-refractivity contribution in [3.8, 4) is 5.75 Å². The molecule has 1 amide bonds. The van der Waals surface area contributed by atoms with Gasteiger partial charge in [-0.2, -0.15) is 0 Å². The van der Waals surface area contributed by atoms with E-state index in [-0.39, 0.29) is 5.91 Å². The third kappa shape index (κ3) is 5.21. The zero-order chi connectivity index (χ0) is 18.4. The molecule has 0 aliphatic rings. The number of carbonyl (C=O) groups is 1. The van der Waals surface area contributed by atoms with Gasteiger partial charge in [-0.05, 0) is 60.4 Å². The topological polar surface area (TPSA) is 38.3 Å². The summed E-state index contributed by atoms with van der Waals surface area (Å²) in [7, 11) is 0. The predicted octanol–water partition coefficient (Wildman–Crippen LogP) is 5.06. The molecule has 3 nitrogen and oxygen atoms in total. The fourth-order valence-corrected chi connectivity index (χ4v) is 2.88. The minimum Gasteiger partial charge on any atom is -0.489 e. The van der Waals surface area contributed by atoms with Crippen molar-refractivity contribution in [2.24, 2.45) is 0 Å². The highest BCUT2D eigenvalue weighted by Gasteiger charge is 2.06. The maximum Gasteiger partial charge on any atom is 0.228 e. The van der Waals surface area contributed by atoms with Crippen LogP contribution in [0.15, 0.2) is 72.8 Å². The maximum absolute atomic E-state index is 12.3. The SMILES string of the molecule is Cc1cc(C)cc(NC(=O)Cc2ccc(OCc3ccccc3)cc2)c1. The number of nitrogens with one attached hydrogen (secondary N) is 1. The molecule has 0 aliphatic carbocycles. The van der Waals surface area contributed by atoms with Crippen LogP contribution in [0.2, 0.25) is 0 Å². The summed E-state index contributed by atoms with van der Waals surface area (Å²) in [5, 5.41) is 2.96. The van der Waals surface area contributed by atoms with Crippen molar-refractivity contribution in [1.29, 1.82) is 0 Å². The Bertz CT molecular complexity index is 850. The largest absolute Gasteiger partial charge is 0.489 e. The van der Waals surface area contributed by atoms with Crippen LogP contribution in [0.5, 0.6) is 5.75 Å². The van der Waals surface area contributed by atoms with Crippen LogP contribution in [0.3, 0.4) is 0 Å². The van der Waals surface area contributed by atoms with E-state index in [1.54, 1.807) is 0 Å². The van der Waals surface area contributed by atoms with Gasteiger partial charge in [0.25, 0.3) is 0 Å². The number of rotatable bonds is 6. The average molecular weight is 345 g/mol. The van der Waals surface area contributed by atoms with E-state index >= 15 is 0 Å². The molecule has 0 spiro atoms. The maximum atomic E-state index is 12.3. The lowest BCUT2D eigenvalue weighted by molar-refractivity contribution is -0.115. The molecule has 0 radical (unpaired) electrons. The number of hydrogen-bond donors (Lipinski definition) is 1. The van der Waals surface area contributed by atoms with Gasteiger partial charge in [0.1, 0.15) is 12.4 Å². The molecule has 0 aromatic heterocycles. The van der Waals surface area contributed by atoms with Crippen molar-refractivity contribution >= 4 is 11.6 Å². The van der Waals surface area contributed by atoms with Crippen LogP contribution in [-0.2, 0) is 17.8 Å². The fourth-order valence-electron chi connectivity index (χ4n) is 2.88. The van der Waals surface area contributed by atoms with Gasteiger partial charge in [0.05, 0.1) is 6.42 Å². The first-order valence-corrected chi connectivity index (χ1v) is 8.72. The van der Waals surface area contributed by atoms with Gasteiger partial charge in [-0.3, -0.25) is 4.79 Å². The second-order valence-corrected chi connectivity index (χ2v) is 6.52. The van der Waals surface area contributed by atoms with E-state index in [1.165, 1.54) is 0 Å². The Morgan fingerprint density at radius 2 is 1.50 bits per heavy atom. The van der Waals surface area contributed by atoms with Crippen molar-refractivity contribution in [3.05, 3.63) is 95.1 Å². The van der Waals surface area contributed by atoms with E-state index in [4.69, 9.17) is 4.74 Å². The molecule has 0 saturated carbocycles. The fraction of sp³-hybridized carbons (Fsp3) is 0.174. The summed E-state index contributed by atoms with van der Waals surface area (Å²) in [5.74, 6) is 0.778. The molecule has 0 aliphatic heterocycles. The van der Waals surface area contributed by atoms with Crippen LogP contribution < -0.4 is 10.1 Å². The number of hydrogen-bond acceptors (Lipinski definition) is 2. The highest BCUT2D eigenvalue weighted by atomic mass is 16.5. The molecule has 132 valence electrons. The molecule has 0 atom stereocenters. The van der Waals surface area contributed by atoms with Gasteiger partial charge in [-0.15, -0.1) is 0 Å². The van der Waals surface area contributed by atoms with Crippen LogP contribution in [0.1, 0.15) is 22.3 Å². The lowest BCUT2D eigenvalue weighted by atomic mass is 10.1. The van der Waals surface area contributed by atoms with E-state index in [0.717, 1.165) is 33.7 Å². The number of anilines is 1. The Balaban J connectivity index is 1.54. The molecular weight excluding hydrogens is 322 g/mol. The average Bonchev–Trinajstić information content (AvgIpc) is 2.61. The monoisotopic (exact) mass is 345 g/mol. The van der Waals surface area contributed by atoms with Crippen molar-refractivity contribution in [1.82, 2.24) is 0 Å². The number of aryl methyl sites for hydroxylation is 2. The van der Waals surface area contributed by atoms with Crippen LogP contribution in [0, 0.1) is 13.8 Å². The van der Waals surface area contributed by atoms with E-state index in [0.29, 0.717) is 13.0 Å². The van der Waals surface area contributed by atoms with E-state index in [1.807, 2.05) is 80.6 Å². The second-order valence-electron chi connectivity index (χ2n) is 6.52. The van der Waals surface area contributed by atoms with Crippen molar-refractivity contribution in [2.75, 3.05) is 5.32 Å². The Labute approximate surface area is 154 Å². The summed E-state index contributed by atoms with van der Waals surface area (Å²) < 4.78 is 5.77. The molecular formula is C23H23NO2. The molecule has 3 heteroatoms. The first kappa shape index (κ1) is 17.7. The predicted molar refractivity (Wildman–Crippen MR) is 105 cm³/mol. The molecule has 26 heavy (non-hydrogen) atoms. The summed E-state index contributed by atoms with van der Waals surface area (Å²) in [5.41, 5.74) is 5.21. The molecule has 1 N–H and O–H groups in total. The van der Waals surface area contributed by atoms with Gasteiger partial charge < -0.3 is 10.1 Å². The van der Waals surface area contributed by atoms with Crippen LogP contribution in [0.25, 0.3) is 0 Å². The lowest BCUT2D eigenvalue weighted by Crippen LogP contribution is -2.14. The van der Waals surface area contributed by atoms with E-state index < -0.39 is 0 Å². The zero-order valence-electron chi connectivity index (χ0n) is 15.2. The molecule has 0 saturated heterocycles. The first-order chi connectivity index (χ1) is 12.6. The molecule has 0 unspecified atom stereocenters. The Morgan fingerprint density at radius 3 is 2.15 bits per heavy atom. The van der Waals surface area contributed by atoms with Gasteiger partial charge >= 0.3 is 0 Å². The van der Waals surface area contributed by atoms with Crippen molar-refractivity contribution in [3.63, 3.8) is 0 Å². The smallest absolute Gasteiger partial charge is 0.228 e. The van der Waals surface area contributed by atoms with Crippen molar-refractivity contribution in [2.45, 2.75) is 26.9 Å². The van der Waals surface area contributed by atoms with Gasteiger partial charge in [0.2, 0.25) is 5.91 Å². The van der Waals surface area contributed by atoms with Gasteiger partial charge in [-0.1, -0.05) is 48.5 Å². The third-order valence-corrected chi connectivity index (χ3v) is 4.04. The normalized spacial score (nSPS) is 10.4. The standard InChI is InChI=1S/C23H23NO2/c1-17-12-18(2)14-21(13-17)24-23(25)15-19-8-10-22(11-9-19)26-16-20-6-4-3-5-7-20/h3-14H,15-16H2,1-2H3,(H,24,25).